The molecule has 146 valence electrons. The first-order valence-corrected chi connectivity index (χ1v) is 8.40. The Morgan fingerprint density at radius 1 is 1.11 bits per heavy atom. The smallest absolute Gasteiger partial charge is 0.387 e. The van der Waals surface area contributed by atoms with Crippen LogP contribution in [0.1, 0.15) is 18.1 Å². The molecule has 0 fully saturated rings. The summed E-state index contributed by atoms with van der Waals surface area (Å²) in [6, 6.07) is 10.9. The number of hydrogen-bond donors (Lipinski definition) is 2. The number of guanidine groups is 1. The zero-order valence-electron chi connectivity index (χ0n) is 15.1. The normalized spacial score (nSPS) is 11.4. The number of hydrogen-bond acceptors (Lipinski definition) is 3. The van der Waals surface area contributed by atoms with Crippen molar-refractivity contribution in [2.24, 2.45) is 4.99 Å². The Labute approximate surface area is 156 Å². The number of methoxy groups -OCH3 is 1. The van der Waals surface area contributed by atoms with Gasteiger partial charge in [0.05, 0.1) is 13.7 Å². The summed E-state index contributed by atoms with van der Waals surface area (Å²) < 4.78 is 48.6. The van der Waals surface area contributed by atoms with Crippen LogP contribution >= 0.6 is 0 Å². The number of ether oxygens (including phenoxy) is 2. The lowest BCUT2D eigenvalue weighted by Gasteiger charge is -2.14. The molecule has 0 bridgehead atoms. The summed E-state index contributed by atoms with van der Waals surface area (Å²) in [7, 11) is 1.48. The van der Waals surface area contributed by atoms with Crippen molar-refractivity contribution in [2.75, 3.05) is 13.7 Å². The fourth-order valence-electron chi connectivity index (χ4n) is 2.34. The first kappa shape index (κ1) is 20.4. The van der Waals surface area contributed by atoms with E-state index < -0.39 is 6.61 Å². The molecule has 2 aromatic rings. The number of halogens is 3. The van der Waals surface area contributed by atoms with Gasteiger partial charge in [-0.2, -0.15) is 8.78 Å². The SMILES string of the molecule is CCNC(=NCc1cc(OC)ccc1OC(F)F)NCc1ccccc1F. The second-order valence-corrected chi connectivity index (χ2v) is 5.49. The molecule has 0 radical (unpaired) electrons. The monoisotopic (exact) mass is 381 g/mol. The van der Waals surface area contributed by atoms with Crippen LogP contribution in [-0.4, -0.2) is 26.2 Å². The first-order valence-electron chi connectivity index (χ1n) is 8.40. The van der Waals surface area contributed by atoms with Crippen LogP contribution in [0.5, 0.6) is 11.5 Å². The second kappa shape index (κ2) is 10.3. The standard InChI is InChI=1S/C19H22F3N3O2/c1-3-23-19(24-11-13-6-4-5-7-16(13)20)25-12-14-10-15(26-2)8-9-17(14)27-18(21)22/h4-10,18H,3,11-12H2,1-2H3,(H2,23,24,25). The topological polar surface area (TPSA) is 54.9 Å². The van der Waals surface area contributed by atoms with Gasteiger partial charge < -0.3 is 20.1 Å². The van der Waals surface area contributed by atoms with E-state index in [9.17, 15) is 13.2 Å². The number of nitrogens with one attached hydrogen (secondary N) is 2. The average molecular weight is 381 g/mol. The maximum absolute atomic E-state index is 13.7. The third-order valence-corrected chi connectivity index (χ3v) is 3.64. The number of benzene rings is 2. The Hall–Kier alpha value is -2.90. The summed E-state index contributed by atoms with van der Waals surface area (Å²) >= 11 is 0. The van der Waals surface area contributed by atoms with E-state index in [0.717, 1.165) is 0 Å². The number of alkyl halides is 2. The van der Waals surface area contributed by atoms with E-state index in [1.165, 1.54) is 25.3 Å². The van der Waals surface area contributed by atoms with Gasteiger partial charge in [-0.25, -0.2) is 9.38 Å². The van der Waals surface area contributed by atoms with Gasteiger partial charge in [0.15, 0.2) is 5.96 Å². The van der Waals surface area contributed by atoms with Gasteiger partial charge in [0.2, 0.25) is 0 Å². The molecule has 5 nitrogen and oxygen atoms in total. The summed E-state index contributed by atoms with van der Waals surface area (Å²) in [5.41, 5.74) is 0.934. The van der Waals surface area contributed by atoms with Crippen LogP contribution in [0.25, 0.3) is 0 Å². The third-order valence-electron chi connectivity index (χ3n) is 3.64. The van der Waals surface area contributed by atoms with Gasteiger partial charge in [-0.05, 0) is 31.2 Å². The van der Waals surface area contributed by atoms with Gasteiger partial charge in [-0.15, -0.1) is 0 Å². The second-order valence-electron chi connectivity index (χ2n) is 5.49. The highest BCUT2D eigenvalue weighted by Gasteiger charge is 2.11. The van der Waals surface area contributed by atoms with Gasteiger partial charge >= 0.3 is 6.61 Å². The molecule has 2 rings (SSSR count). The molecule has 0 spiro atoms. The zero-order valence-corrected chi connectivity index (χ0v) is 15.1. The highest BCUT2D eigenvalue weighted by Crippen LogP contribution is 2.26. The van der Waals surface area contributed by atoms with Gasteiger partial charge in [0, 0.05) is 24.2 Å². The van der Waals surface area contributed by atoms with Crippen molar-refractivity contribution in [1.82, 2.24) is 10.6 Å². The predicted molar refractivity (Wildman–Crippen MR) is 97.7 cm³/mol. The van der Waals surface area contributed by atoms with Crippen LogP contribution in [0.3, 0.4) is 0 Å². The van der Waals surface area contributed by atoms with E-state index in [-0.39, 0.29) is 24.7 Å². The maximum atomic E-state index is 13.7. The zero-order chi connectivity index (χ0) is 19.6. The van der Waals surface area contributed by atoms with Crippen molar-refractivity contribution in [1.29, 1.82) is 0 Å². The first-order chi connectivity index (χ1) is 13.0. The predicted octanol–water partition coefficient (Wildman–Crippen LogP) is 3.69. The summed E-state index contributed by atoms with van der Waals surface area (Å²) in [6.07, 6.45) is 0. The molecule has 0 amide bonds. The minimum atomic E-state index is -2.94. The van der Waals surface area contributed by atoms with E-state index in [2.05, 4.69) is 20.4 Å². The average Bonchev–Trinajstić information content (AvgIpc) is 2.65. The van der Waals surface area contributed by atoms with E-state index in [1.54, 1.807) is 24.3 Å². The molecule has 0 saturated carbocycles. The molecule has 2 N–H and O–H groups in total. The van der Waals surface area contributed by atoms with Crippen LogP contribution in [0.2, 0.25) is 0 Å². The Kier molecular flexibility index (Phi) is 7.79. The summed E-state index contributed by atoms with van der Waals surface area (Å²) in [5, 5.41) is 6.04. The third kappa shape index (κ3) is 6.40. The molecule has 8 heteroatoms. The Morgan fingerprint density at radius 3 is 2.56 bits per heavy atom. The van der Waals surface area contributed by atoms with Gasteiger partial charge in [0.1, 0.15) is 17.3 Å². The Morgan fingerprint density at radius 2 is 1.89 bits per heavy atom. The molecule has 0 heterocycles. The lowest BCUT2D eigenvalue weighted by molar-refractivity contribution is -0.0504. The van der Waals surface area contributed by atoms with Crippen LogP contribution in [-0.2, 0) is 13.1 Å². The number of nitrogens with zero attached hydrogens (tertiary/aromatic N) is 1. The van der Waals surface area contributed by atoms with Gasteiger partial charge in [0.25, 0.3) is 0 Å². The summed E-state index contributed by atoms with van der Waals surface area (Å²) in [5.74, 6) is 0.637. The molecule has 0 unspecified atom stereocenters. The fourth-order valence-corrected chi connectivity index (χ4v) is 2.34. The van der Waals surface area contributed by atoms with Crippen LogP contribution in [0.4, 0.5) is 13.2 Å². The van der Waals surface area contributed by atoms with Crippen molar-refractivity contribution >= 4 is 5.96 Å². The summed E-state index contributed by atoms with van der Waals surface area (Å²) in [4.78, 5) is 4.36. The fraction of sp³-hybridized carbons (Fsp3) is 0.316. The van der Waals surface area contributed by atoms with Gasteiger partial charge in [-0.1, -0.05) is 18.2 Å². The Balaban J connectivity index is 2.14. The van der Waals surface area contributed by atoms with E-state index in [1.807, 2.05) is 6.92 Å². The number of aliphatic imine (C=N–C) groups is 1. The van der Waals surface area contributed by atoms with Crippen LogP contribution < -0.4 is 20.1 Å². The van der Waals surface area contributed by atoms with Crippen molar-refractivity contribution < 1.29 is 22.6 Å². The molecule has 2 aromatic carbocycles. The summed E-state index contributed by atoms with van der Waals surface area (Å²) in [6.45, 7) is -0.157. The van der Waals surface area contributed by atoms with Crippen molar-refractivity contribution in [3.05, 3.63) is 59.4 Å². The van der Waals surface area contributed by atoms with Crippen LogP contribution in [0.15, 0.2) is 47.5 Å². The highest BCUT2D eigenvalue weighted by atomic mass is 19.3. The lowest BCUT2D eigenvalue weighted by atomic mass is 10.2. The van der Waals surface area contributed by atoms with Gasteiger partial charge in [-0.3, -0.25) is 0 Å². The van der Waals surface area contributed by atoms with E-state index in [4.69, 9.17) is 4.74 Å². The van der Waals surface area contributed by atoms with Crippen molar-refractivity contribution in [2.45, 2.75) is 26.6 Å². The molecule has 0 aliphatic heterocycles. The molecular weight excluding hydrogens is 359 g/mol. The molecule has 27 heavy (non-hydrogen) atoms. The molecule has 0 saturated heterocycles. The lowest BCUT2D eigenvalue weighted by Crippen LogP contribution is -2.37. The highest BCUT2D eigenvalue weighted by molar-refractivity contribution is 5.79. The quantitative estimate of drug-likeness (QED) is 0.541. The largest absolute Gasteiger partial charge is 0.497 e. The minimum Gasteiger partial charge on any atom is -0.497 e. The molecule has 0 atom stereocenters. The molecular formula is C19H22F3N3O2. The van der Waals surface area contributed by atoms with Crippen LogP contribution in [0, 0.1) is 5.82 Å². The van der Waals surface area contributed by atoms with Crippen molar-refractivity contribution in [3.8, 4) is 11.5 Å². The number of rotatable bonds is 8. The van der Waals surface area contributed by atoms with Crippen molar-refractivity contribution in [3.63, 3.8) is 0 Å². The van der Waals surface area contributed by atoms with E-state index in [0.29, 0.717) is 29.4 Å². The minimum absolute atomic E-state index is 0.0273. The Bertz CT molecular complexity index is 770. The maximum Gasteiger partial charge on any atom is 0.387 e. The molecule has 0 aliphatic carbocycles. The molecule has 0 aromatic heterocycles. The molecule has 0 aliphatic rings. The van der Waals surface area contributed by atoms with E-state index >= 15 is 0 Å².